The molecule has 108 valence electrons. The van der Waals surface area contributed by atoms with Gasteiger partial charge in [-0.15, -0.1) is 10.2 Å². The largest absolute Gasteiger partial charge is 0.454 e. The maximum Gasteiger partial charge on any atom is 0.277 e. The second kappa shape index (κ2) is 5.07. The van der Waals surface area contributed by atoms with Crippen molar-refractivity contribution in [3.05, 3.63) is 18.2 Å². The predicted molar refractivity (Wildman–Crippen MR) is 74.4 cm³/mol. The molecule has 0 unspecified atom stereocenters. The molecule has 1 aromatic carbocycles. The van der Waals surface area contributed by atoms with Crippen molar-refractivity contribution < 1.29 is 18.7 Å². The van der Waals surface area contributed by atoms with E-state index in [1.165, 1.54) is 11.8 Å². The molecule has 7 heteroatoms. The molecule has 2 aromatic rings. The number of thioether (sulfide) groups is 1. The fourth-order valence-electron chi connectivity index (χ4n) is 2.43. The highest BCUT2D eigenvalue weighted by molar-refractivity contribution is 8.00. The Morgan fingerprint density at radius 3 is 2.95 bits per heavy atom. The van der Waals surface area contributed by atoms with Crippen LogP contribution < -0.4 is 9.47 Å². The van der Waals surface area contributed by atoms with Gasteiger partial charge in [0.2, 0.25) is 12.7 Å². The number of Topliss-reactive ketones (excluding diaryl/α,β-unsaturated/α-hetero) is 1. The molecule has 2 aliphatic rings. The van der Waals surface area contributed by atoms with Crippen molar-refractivity contribution in [3.8, 4) is 23.0 Å². The van der Waals surface area contributed by atoms with Gasteiger partial charge in [0.1, 0.15) is 5.78 Å². The van der Waals surface area contributed by atoms with E-state index >= 15 is 0 Å². The monoisotopic (exact) mass is 304 g/mol. The van der Waals surface area contributed by atoms with Gasteiger partial charge in [-0.05, 0) is 31.0 Å². The number of carbonyl (C=O) groups excluding carboxylic acids is 1. The van der Waals surface area contributed by atoms with Crippen LogP contribution in [0.2, 0.25) is 0 Å². The van der Waals surface area contributed by atoms with Crippen molar-refractivity contribution in [2.45, 2.75) is 29.7 Å². The number of benzene rings is 1. The van der Waals surface area contributed by atoms with E-state index in [1.54, 1.807) is 0 Å². The van der Waals surface area contributed by atoms with Crippen LogP contribution in [0, 0.1) is 0 Å². The van der Waals surface area contributed by atoms with Gasteiger partial charge in [0.25, 0.3) is 5.22 Å². The first kappa shape index (κ1) is 12.7. The first-order valence-electron chi connectivity index (χ1n) is 6.72. The van der Waals surface area contributed by atoms with Crippen LogP contribution in [0.15, 0.2) is 27.8 Å². The van der Waals surface area contributed by atoms with Crippen LogP contribution in [0.4, 0.5) is 0 Å². The van der Waals surface area contributed by atoms with Gasteiger partial charge in [0, 0.05) is 12.0 Å². The Balaban J connectivity index is 1.55. The predicted octanol–water partition coefficient (Wildman–Crippen LogP) is 2.68. The molecule has 0 amide bonds. The number of rotatable bonds is 3. The van der Waals surface area contributed by atoms with Gasteiger partial charge in [-0.25, -0.2) is 0 Å². The van der Waals surface area contributed by atoms with Gasteiger partial charge < -0.3 is 13.9 Å². The Kier molecular flexibility index (Phi) is 3.07. The van der Waals surface area contributed by atoms with Crippen LogP contribution in [0.5, 0.6) is 11.5 Å². The number of hydrogen-bond donors (Lipinski definition) is 0. The normalized spacial score (nSPS) is 20.2. The third-order valence-electron chi connectivity index (χ3n) is 3.52. The van der Waals surface area contributed by atoms with Crippen molar-refractivity contribution >= 4 is 17.5 Å². The number of fused-ring (bicyclic) bond motifs is 1. The standard InChI is InChI=1S/C14H12N2O4S/c17-9-2-1-3-12(9)21-14-16-15-13(20-14)8-4-5-10-11(6-8)19-7-18-10/h4-6,12H,1-3,7H2/t12-/m1/s1. The van der Waals surface area contributed by atoms with Gasteiger partial charge in [-0.3, -0.25) is 4.79 Å². The van der Waals surface area contributed by atoms with E-state index in [1.807, 2.05) is 18.2 Å². The van der Waals surface area contributed by atoms with E-state index < -0.39 is 0 Å². The topological polar surface area (TPSA) is 74.5 Å². The van der Waals surface area contributed by atoms with Gasteiger partial charge in [-0.1, -0.05) is 11.8 Å². The summed E-state index contributed by atoms with van der Waals surface area (Å²) in [6.45, 7) is 0.230. The van der Waals surface area contributed by atoms with Crippen LogP contribution in [-0.4, -0.2) is 28.0 Å². The quantitative estimate of drug-likeness (QED) is 0.863. The molecule has 0 bridgehead atoms. The smallest absolute Gasteiger partial charge is 0.277 e. The number of ether oxygens (including phenoxy) is 2. The summed E-state index contributed by atoms with van der Waals surface area (Å²) in [5.74, 6) is 2.07. The third-order valence-corrected chi connectivity index (χ3v) is 4.67. The first-order valence-corrected chi connectivity index (χ1v) is 7.60. The van der Waals surface area contributed by atoms with E-state index in [0.29, 0.717) is 29.0 Å². The molecule has 1 aliphatic heterocycles. The Bertz CT molecular complexity index is 700. The van der Waals surface area contributed by atoms with E-state index in [-0.39, 0.29) is 17.8 Å². The summed E-state index contributed by atoms with van der Waals surface area (Å²) in [4.78, 5) is 11.6. The van der Waals surface area contributed by atoms with Crippen molar-refractivity contribution in [2.24, 2.45) is 0 Å². The lowest BCUT2D eigenvalue weighted by Gasteiger charge is -2.02. The molecule has 1 aliphatic carbocycles. The van der Waals surface area contributed by atoms with Crippen molar-refractivity contribution in [1.82, 2.24) is 10.2 Å². The number of carbonyl (C=O) groups is 1. The minimum atomic E-state index is -0.0462. The zero-order valence-electron chi connectivity index (χ0n) is 11.1. The second-order valence-corrected chi connectivity index (χ2v) is 6.06. The molecular formula is C14H12N2O4S. The summed E-state index contributed by atoms with van der Waals surface area (Å²) in [5, 5.41) is 8.43. The SMILES string of the molecule is O=C1CCC[C@H]1Sc1nnc(-c2ccc3c(c2)OCO3)o1. The fourth-order valence-corrected chi connectivity index (χ4v) is 3.43. The van der Waals surface area contributed by atoms with Crippen molar-refractivity contribution in [1.29, 1.82) is 0 Å². The maximum absolute atomic E-state index is 11.6. The maximum atomic E-state index is 11.6. The molecule has 1 saturated carbocycles. The molecule has 1 fully saturated rings. The lowest BCUT2D eigenvalue weighted by atomic mass is 10.2. The van der Waals surface area contributed by atoms with Crippen LogP contribution in [-0.2, 0) is 4.79 Å². The minimum absolute atomic E-state index is 0.0462. The lowest BCUT2D eigenvalue weighted by molar-refractivity contribution is -0.116. The molecule has 1 aromatic heterocycles. The zero-order chi connectivity index (χ0) is 14.2. The molecular weight excluding hydrogens is 292 g/mol. The molecule has 2 heterocycles. The van der Waals surface area contributed by atoms with Crippen molar-refractivity contribution in [2.75, 3.05) is 6.79 Å². The Hall–Kier alpha value is -2.02. The summed E-state index contributed by atoms with van der Waals surface area (Å²) in [6.07, 6.45) is 2.48. The van der Waals surface area contributed by atoms with Crippen molar-refractivity contribution in [3.63, 3.8) is 0 Å². The Labute approximate surface area is 124 Å². The average Bonchev–Trinajstić information content (AvgIpc) is 3.20. The summed E-state index contributed by atoms with van der Waals surface area (Å²) in [5.41, 5.74) is 0.774. The number of nitrogens with zero attached hydrogens (tertiary/aromatic N) is 2. The van der Waals surface area contributed by atoms with E-state index in [2.05, 4.69) is 10.2 Å². The van der Waals surface area contributed by atoms with E-state index in [9.17, 15) is 4.79 Å². The molecule has 4 rings (SSSR count). The van der Waals surface area contributed by atoms with Crippen LogP contribution in [0.1, 0.15) is 19.3 Å². The van der Waals surface area contributed by atoms with Crippen LogP contribution >= 0.6 is 11.8 Å². The van der Waals surface area contributed by atoms with Crippen LogP contribution in [0.3, 0.4) is 0 Å². The third kappa shape index (κ3) is 2.37. The molecule has 21 heavy (non-hydrogen) atoms. The zero-order valence-corrected chi connectivity index (χ0v) is 11.9. The Morgan fingerprint density at radius 2 is 2.10 bits per heavy atom. The summed E-state index contributed by atoms with van der Waals surface area (Å²) < 4.78 is 16.2. The number of ketones is 1. The number of aromatic nitrogens is 2. The van der Waals surface area contributed by atoms with E-state index in [4.69, 9.17) is 13.9 Å². The Morgan fingerprint density at radius 1 is 1.19 bits per heavy atom. The average molecular weight is 304 g/mol. The molecule has 1 atom stereocenters. The minimum Gasteiger partial charge on any atom is -0.454 e. The number of hydrogen-bond acceptors (Lipinski definition) is 7. The van der Waals surface area contributed by atoms with Gasteiger partial charge in [0.05, 0.1) is 5.25 Å². The van der Waals surface area contributed by atoms with Crippen LogP contribution in [0.25, 0.3) is 11.5 Å². The van der Waals surface area contributed by atoms with Gasteiger partial charge >= 0.3 is 0 Å². The van der Waals surface area contributed by atoms with Gasteiger partial charge in [-0.2, -0.15) is 0 Å². The first-order chi connectivity index (χ1) is 10.3. The van der Waals surface area contributed by atoms with E-state index in [0.717, 1.165) is 18.4 Å². The molecule has 0 N–H and O–H groups in total. The fraction of sp³-hybridized carbons (Fsp3) is 0.357. The summed E-state index contributed by atoms with van der Waals surface area (Å²) in [7, 11) is 0. The molecule has 0 saturated heterocycles. The highest BCUT2D eigenvalue weighted by Crippen LogP contribution is 2.37. The second-order valence-electron chi connectivity index (χ2n) is 4.91. The molecule has 0 spiro atoms. The molecule has 6 nitrogen and oxygen atoms in total. The molecule has 0 radical (unpaired) electrons. The summed E-state index contributed by atoms with van der Waals surface area (Å²) >= 11 is 1.35. The highest BCUT2D eigenvalue weighted by atomic mass is 32.2. The summed E-state index contributed by atoms with van der Waals surface area (Å²) in [6, 6.07) is 5.47. The lowest BCUT2D eigenvalue weighted by Crippen LogP contribution is -2.07. The van der Waals surface area contributed by atoms with Gasteiger partial charge in [0.15, 0.2) is 11.5 Å². The highest BCUT2D eigenvalue weighted by Gasteiger charge is 2.27.